The van der Waals surface area contributed by atoms with Crippen LogP contribution < -0.4 is 10.1 Å². The minimum atomic E-state index is -0.375. The fourth-order valence-corrected chi connectivity index (χ4v) is 1.90. The molecule has 0 atom stereocenters. The van der Waals surface area contributed by atoms with Gasteiger partial charge in [-0.2, -0.15) is 0 Å². The van der Waals surface area contributed by atoms with Gasteiger partial charge in [-0.05, 0) is 35.9 Å². The number of benzene rings is 2. The molecule has 0 aliphatic heterocycles. The summed E-state index contributed by atoms with van der Waals surface area (Å²) < 4.78 is 23.8. The molecule has 1 amide bonds. The number of hydrogen-bond acceptors (Lipinski definition) is 3. The van der Waals surface area contributed by atoms with Crippen LogP contribution in [0.15, 0.2) is 48.5 Å². The topological polar surface area (TPSA) is 47.6 Å². The van der Waals surface area contributed by atoms with E-state index >= 15 is 0 Å². The Morgan fingerprint density at radius 1 is 1.09 bits per heavy atom. The molecule has 2 aromatic rings. The Kier molecular flexibility index (Phi) is 5.91. The third-order valence-corrected chi connectivity index (χ3v) is 3.00. The lowest BCUT2D eigenvalue weighted by Crippen LogP contribution is -2.15. The van der Waals surface area contributed by atoms with Gasteiger partial charge in [-0.1, -0.05) is 18.2 Å². The third-order valence-electron chi connectivity index (χ3n) is 3.00. The van der Waals surface area contributed by atoms with Crippen LogP contribution in [0.1, 0.15) is 5.56 Å². The van der Waals surface area contributed by atoms with Crippen LogP contribution in [0.4, 0.5) is 10.1 Å². The highest BCUT2D eigenvalue weighted by Crippen LogP contribution is 2.16. The van der Waals surface area contributed by atoms with Crippen LogP contribution in [-0.4, -0.2) is 26.2 Å². The molecule has 0 unspecified atom stereocenters. The summed E-state index contributed by atoms with van der Waals surface area (Å²) in [5.41, 5.74) is 1.01. The average Bonchev–Trinajstić information content (AvgIpc) is 2.51. The summed E-state index contributed by atoms with van der Waals surface area (Å²) in [6.07, 6.45) is -0.00123. The molecule has 116 valence electrons. The number of amides is 1. The van der Waals surface area contributed by atoms with Crippen molar-refractivity contribution < 1.29 is 18.7 Å². The normalized spacial score (nSPS) is 10.3. The van der Waals surface area contributed by atoms with Crippen molar-refractivity contribution in [2.75, 3.05) is 25.6 Å². The summed E-state index contributed by atoms with van der Waals surface area (Å²) in [6, 6.07) is 13.2. The summed E-state index contributed by atoms with van der Waals surface area (Å²) in [5.74, 6) is 0.0573. The highest BCUT2D eigenvalue weighted by atomic mass is 19.1. The van der Waals surface area contributed by atoms with Gasteiger partial charge in [-0.15, -0.1) is 0 Å². The van der Waals surface area contributed by atoms with Crippen LogP contribution in [0.3, 0.4) is 0 Å². The molecule has 0 bridgehead atoms. The number of anilines is 1. The summed E-state index contributed by atoms with van der Waals surface area (Å²) in [4.78, 5) is 11.9. The van der Waals surface area contributed by atoms with Crippen molar-refractivity contribution in [2.24, 2.45) is 0 Å². The van der Waals surface area contributed by atoms with E-state index in [0.717, 1.165) is 0 Å². The van der Waals surface area contributed by atoms with E-state index in [2.05, 4.69) is 5.32 Å². The summed E-state index contributed by atoms with van der Waals surface area (Å²) >= 11 is 0. The van der Waals surface area contributed by atoms with Gasteiger partial charge in [0.15, 0.2) is 0 Å². The van der Waals surface area contributed by atoms with Gasteiger partial charge >= 0.3 is 0 Å². The van der Waals surface area contributed by atoms with E-state index in [9.17, 15) is 9.18 Å². The highest BCUT2D eigenvalue weighted by Gasteiger charge is 2.08. The van der Waals surface area contributed by atoms with Crippen molar-refractivity contribution >= 4 is 11.6 Å². The number of methoxy groups -OCH3 is 1. The molecule has 0 fully saturated rings. The maximum atomic E-state index is 13.5. The second-order valence-electron chi connectivity index (χ2n) is 4.68. The lowest BCUT2D eigenvalue weighted by atomic mass is 10.1. The van der Waals surface area contributed by atoms with E-state index in [1.165, 1.54) is 6.07 Å². The van der Waals surface area contributed by atoms with Crippen LogP contribution in [0.2, 0.25) is 0 Å². The molecule has 5 heteroatoms. The largest absolute Gasteiger partial charge is 0.491 e. The van der Waals surface area contributed by atoms with Gasteiger partial charge in [0.1, 0.15) is 18.2 Å². The van der Waals surface area contributed by atoms with E-state index in [1.54, 1.807) is 49.6 Å². The summed E-state index contributed by atoms with van der Waals surface area (Å²) in [7, 11) is 1.61. The second kappa shape index (κ2) is 8.14. The monoisotopic (exact) mass is 303 g/mol. The molecule has 0 aliphatic carbocycles. The molecule has 0 saturated carbocycles. The molecule has 22 heavy (non-hydrogen) atoms. The van der Waals surface area contributed by atoms with Crippen LogP contribution in [0.5, 0.6) is 5.75 Å². The molecular weight excluding hydrogens is 285 g/mol. The average molecular weight is 303 g/mol. The maximum absolute atomic E-state index is 13.5. The van der Waals surface area contributed by atoms with Crippen LogP contribution >= 0.6 is 0 Å². The Bertz CT molecular complexity index is 614. The number of rotatable bonds is 7. The van der Waals surface area contributed by atoms with Crippen LogP contribution in [-0.2, 0) is 16.0 Å². The molecule has 2 rings (SSSR count). The van der Waals surface area contributed by atoms with Gasteiger partial charge in [0.05, 0.1) is 13.0 Å². The van der Waals surface area contributed by atoms with E-state index < -0.39 is 0 Å². The van der Waals surface area contributed by atoms with Crippen molar-refractivity contribution in [1.82, 2.24) is 0 Å². The highest BCUT2D eigenvalue weighted by molar-refractivity contribution is 5.92. The summed E-state index contributed by atoms with van der Waals surface area (Å²) in [6.45, 7) is 0.983. The van der Waals surface area contributed by atoms with Gasteiger partial charge in [0, 0.05) is 12.8 Å². The smallest absolute Gasteiger partial charge is 0.228 e. The van der Waals surface area contributed by atoms with Gasteiger partial charge in [-0.3, -0.25) is 4.79 Å². The van der Waals surface area contributed by atoms with Crippen molar-refractivity contribution in [2.45, 2.75) is 6.42 Å². The zero-order valence-electron chi connectivity index (χ0n) is 12.3. The van der Waals surface area contributed by atoms with Crippen LogP contribution in [0.25, 0.3) is 0 Å². The van der Waals surface area contributed by atoms with Crippen molar-refractivity contribution in [3.05, 3.63) is 59.9 Å². The minimum absolute atomic E-state index is 0.00123. The second-order valence-corrected chi connectivity index (χ2v) is 4.68. The fourth-order valence-electron chi connectivity index (χ4n) is 1.90. The zero-order chi connectivity index (χ0) is 15.8. The number of nitrogens with one attached hydrogen (secondary N) is 1. The molecule has 1 N–H and O–H groups in total. The Hall–Kier alpha value is -2.40. The standard InChI is InChI=1S/C17H18FNO3/c1-21-10-11-22-15-8-6-14(7-9-15)19-17(20)12-13-4-2-3-5-16(13)18/h2-9H,10-12H2,1H3,(H,19,20). The lowest BCUT2D eigenvalue weighted by Gasteiger charge is -2.08. The zero-order valence-corrected chi connectivity index (χ0v) is 12.3. The van der Waals surface area contributed by atoms with Crippen molar-refractivity contribution in [3.63, 3.8) is 0 Å². The Morgan fingerprint density at radius 2 is 1.82 bits per heavy atom. The predicted octanol–water partition coefficient (Wildman–Crippen LogP) is 3.03. The molecule has 0 spiro atoms. The first-order chi connectivity index (χ1) is 10.7. The molecule has 4 nitrogen and oxygen atoms in total. The van der Waals surface area contributed by atoms with Crippen LogP contribution in [0, 0.1) is 5.82 Å². The van der Waals surface area contributed by atoms with E-state index in [1.807, 2.05) is 0 Å². The first-order valence-electron chi connectivity index (χ1n) is 6.94. The quantitative estimate of drug-likeness (QED) is 0.800. The fraction of sp³-hybridized carbons (Fsp3) is 0.235. The Balaban J connectivity index is 1.88. The first kappa shape index (κ1) is 16.0. The van der Waals surface area contributed by atoms with Crippen molar-refractivity contribution in [1.29, 1.82) is 0 Å². The minimum Gasteiger partial charge on any atom is -0.491 e. The third kappa shape index (κ3) is 4.86. The number of ether oxygens (including phenoxy) is 2. The Labute approximate surface area is 128 Å². The molecule has 2 aromatic carbocycles. The van der Waals surface area contributed by atoms with Gasteiger partial charge < -0.3 is 14.8 Å². The summed E-state index contributed by atoms with van der Waals surface area (Å²) in [5, 5.41) is 2.73. The van der Waals surface area contributed by atoms with E-state index in [0.29, 0.717) is 30.2 Å². The molecule has 0 saturated heterocycles. The predicted molar refractivity (Wildman–Crippen MR) is 82.5 cm³/mol. The van der Waals surface area contributed by atoms with Gasteiger partial charge in [-0.25, -0.2) is 4.39 Å². The molecule has 0 radical (unpaired) electrons. The number of hydrogen-bond donors (Lipinski definition) is 1. The van der Waals surface area contributed by atoms with Gasteiger partial charge in [0.2, 0.25) is 5.91 Å². The van der Waals surface area contributed by atoms with E-state index in [4.69, 9.17) is 9.47 Å². The molecule has 0 aromatic heterocycles. The number of carbonyl (C=O) groups is 1. The lowest BCUT2D eigenvalue weighted by molar-refractivity contribution is -0.115. The SMILES string of the molecule is COCCOc1ccc(NC(=O)Cc2ccccc2F)cc1. The molecule has 0 aliphatic rings. The van der Waals surface area contributed by atoms with Crippen molar-refractivity contribution in [3.8, 4) is 5.75 Å². The molecule has 0 heterocycles. The Morgan fingerprint density at radius 3 is 2.50 bits per heavy atom. The maximum Gasteiger partial charge on any atom is 0.228 e. The van der Waals surface area contributed by atoms with Gasteiger partial charge in [0.25, 0.3) is 0 Å². The number of halogens is 1. The van der Waals surface area contributed by atoms with E-state index in [-0.39, 0.29) is 18.1 Å². The first-order valence-corrected chi connectivity index (χ1v) is 6.94. The number of carbonyl (C=O) groups excluding carboxylic acids is 1. The molecular formula is C17H18FNO3.